The Kier molecular flexibility index (Phi) is 14.1. The number of rotatable bonds is 11. The molecule has 0 saturated carbocycles. The SMILES string of the molecule is CCOC(CCNC(=NC)NCC(c1ccc(OC)cc1)N1CCOCC1)C(C)C.I. The van der Waals surface area contributed by atoms with Crippen molar-refractivity contribution in [2.45, 2.75) is 39.3 Å². The maximum atomic E-state index is 5.84. The van der Waals surface area contributed by atoms with Gasteiger partial charge in [0.15, 0.2) is 5.96 Å². The minimum absolute atomic E-state index is 0. The van der Waals surface area contributed by atoms with Gasteiger partial charge in [-0.1, -0.05) is 26.0 Å². The summed E-state index contributed by atoms with van der Waals surface area (Å²) in [5.74, 6) is 2.20. The highest BCUT2D eigenvalue weighted by molar-refractivity contribution is 14.0. The second-order valence-electron chi connectivity index (χ2n) is 7.84. The molecule has 1 fully saturated rings. The van der Waals surface area contributed by atoms with E-state index < -0.39 is 0 Å². The van der Waals surface area contributed by atoms with Crippen LogP contribution in [-0.4, -0.2) is 77.1 Å². The predicted octanol–water partition coefficient (Wildman–Crippen LogP) is 3.30. The van der Waals surface area contributed by atoms with Gasteiger partial charge in [-0.25, -0.2) is 0 Å². The van der Waals surface area contributed by atoms with Gasteiger partial charge in [-0.05, 0) is 37.0 Å². The molecule has 0 radical (unpaired) electrons. The normalized spacial score (nSPS) is 17.0. The average molecular weight is 549 g/mol. The van der Waals surface area contributed by atoms with Crippen LogP contribution in [-0.2, 0) is 9.47 Å². The second kappa shape index (κ2) is 15.7. The molecule has 178 valence electrons. The van der Waals surface area contributed by atoms with E-state index in [9.17, 15) is 0 Å². The molecule has 2 N–H and O–H groups in total. The van der Waals surface area contributed by atoms with Gasteiger partial charge in [0.05, 0.1) is 32.5 Å². The fourth-order valence-electron chi connectivity index (χ4n) is 3.74. The first-order valence-corrected chi connectivity index (χ1v) is 11.1. The molecule has 1 aromatic rings. The standard InChI is InChI=1S/C23H40N4O3.HI/c1-6-30-22(18(2)3)11-12-25-23(24-4)26-17-21(27-13-15-29-16-14-27)19-7-9-20(28-5)10-8-19;/h7-10,18,21-22H,6,11-17H2,1-5H3,(H2,24,25,26);1H. The smallest absolute Gasteiger partial charge is 0.191 e. The van der Waals surface area contributed by atoms with Gasteiger partial charge in [0.1, 0.15) is 5.75 Å². The number of hydrogen-bond donors (Lipinski definition) is 2. The third-order valence-electron chi connectivity index (χ3n) is 5.52. The molecule has 0 amide bonds. The highest BCUT2D eigenvalue weighted by Gasteiger charge is 2.23. The molecule has 2 unspecified atom stereocenters. The number of nitrogens with one attached hydrogen (secondary N) is 2. The third-order valence-corrected chi connectivity index (χ3v) is 5.52. The Bertz CT molecular complexity index is 622. The molecule has 2 rings (SSSR count). The Morgan fingerprint density at radius 2 is 1.84 bits per heavy atom. The van der Waals surface area contributed by atoms with Crippen LogP contribution >= 0.6 is 24.0 Å². The molecule has 31 heavy (non-hydrogen) atoms. The Morgan fingerprint density at radius 1 is 1.16 bits per heavy atom. The number of morpholine rings is 1. The molecule has 1 aliphatic rings. The first kappa shape index (κ1) is 27.9. The molecule has 1 saturated heterocycles. The van der Waals surface area contributed by atoms with Gasteiger partial charge in [0, 0.05) is 39.8 Å². The molecular weight excluding hydrogens is 507 g/mol. The molecule has 0 aromatic heterocycles. The zero-order valence-corrected chi connectivity index (χ0v) is 22.1. The number of methoxy groups -OCH3 is 1. The summed E-state index contributed by atoms with van der Waals surface area (Å²) in [6, 6.07) is 8.58. The maximum Gasteiger partial charge on any atom is 0.191 e. The van der Waals surface area contributed by atoms with E-state index in [-0.39, 0.29) is 36.1 Å². The number of nitrogens with zero attached hydrogens (tertiary/aromatic N) is 2. The number of guanidine groups is 1. The predicted molar refractivity (Wildman–Crippen MR) is 138 cm³/mol. The zero-order chi connectivity index (χ0) is 21.8. The summed E-state index contributed by atoms with van der Waals surface area (Å²) in [5.41, 5.74) is 1.26. The fourth-order valence-corrected chi connectivity index (χ4v) is 3.74. The lowest BCUT2D eigenvalue weighted by atomic mass is 10.0. The van der Waals surface area contributed by atoms with E-state index in [1.807, 2.05) is 26.1 Å². The molecular formula is C23H41IN4O3. The van der Waals surface area contributed by atoms with Crippen molar-refractivity contribution >= 4 is 29.9 Å². The number of ether oxygens (including phenoxy) is 3. The van der Waals surface area contributed by atoms with Crippen LogP contribution in [0.2, 0.25) is 0 Å². The molecule has 0 aliphatic carbocycles. The maximum absolute atomic E-state index is 5.84. The number of hydrogen-bond acceptors (Lipinski definition) is 5. The molecule has 8 heteroatoms. The molecule has 0 bridgehead atoms. The van der Waals surface area contributed by atoms with Crippen LogP contribution in [0.5, 0.6) is 5.75 Å². The van der Waals surface area contributed by atoms with Crippen LogP contribution in [0, 0.1) is 5.92 Å². The lowest BCUT2D eigenvalue weighted by molar-refractivity contribution is 0.0169. The van der Waals surface area contributed by atoms with Crippen molar-refractivity contribution in [2.24, 2.45) is 10.9 Å². The van der Waals surface area contributed by atoms with Crippen molar-refractivity contribution in [3.8, 4) is 5.75 Å². The Labute approximate surface area is 205 Å². The van der Waals surface area contributed by atoms with Gasteiger partial charge in [0.25, 0.3) is 0 Å². The van der Waals surface area contributed by atoms with Crippen LogP contribution in [0.15, 0.2) is 29.3 Å². The highest BCUT2D eigenvalue weighted by Crippen LogP contribution is 2.23. The lowest BCUT2D eigenvalue weighted by Gasteiger charge is -2.35. The van der Waals surface area contributed by atoms with Gasteiger partial charge in [0.2, 0.25) is 0 Å². The summed E-state index contributed by atoms with van der Waals surface area (Å²) in [6.07, 6.45) is 1.22. The van der Waals surface area contributed by atoms with E-state index in [0.29, 0.717) is 5.92 Å². The van der Waals surface area contributed by atoms with Crippen LogP contribution in [0.25, 0.3) is 0 Å². The summed E-state index contributed by atoms with van der Waals surface area (Å²) in [6.45, 7) is 12.2. The van der Waals surface area contributed by atoms with Crippen molar-refractivity contribution in [1.29, 1.82) is 0 Å². The lowest BCUT2D eigenvalue weighted by Crippen LogP contribution is -2.46. The number of aliphatic imine (C=N–C) groups is 1. The van der Waals surface area contributed by atoms with Crippen molar-refractivity contribution in [3.05, 3.63) is 29.8 Å². The molecule has 1 aliphatic heterocycles. The quantitative estimate of drug-likeness (QED) is 0.252. The minimum atomic E-state index is 0. The van der Waals surface area contributed by atoms with Gasteiger partial charge < -0.3 is 24.8 Å². The van der Waals surface area contributed by atoms with Crippen LogP contribution in [0.3, 0.4) is 0 Å². The van der Waals surface area contributed by atoms with Crippen molar-refractivity contribution in [1.82, 2.24) is 15.5 Å². The largest absolute Gasteiger partial charge is 0.497 e. The van der Waals surface area contributed by atoms with Gasteiger partial charge >= 0.3 is 0 Å². The van der Waals surface area contributed by atoms with E-state index in [1.54, 1.807) is 7.11 Å². The summed E-state index contributed by atoms with van der Waals surface area (Å²) in [5, 5.41) is 6.95. The summed E-state index contributed by atoms with van der Waals surface area (Å²) < 4.78 is 16.7. The van der Waals surface area contributed by atoms with E-state index in [2.05, 4.69) is 46.5 Å². The van der Waals surface area contributed by atoms with Crippen LogP contribution in [0.1, 0.15) is 38.8 Å². The van der Waals surface area contributed by atoms with Crippen LogP contribution < -0.4 is 15.4 Å². The summed E-state index contributed by atoms with van der Waals surface area (Å²) in [7, 11) is 3.51. The number of benzene rings is 1. The molecule has 1 heterocycles. The topological polar surface area (TPSA) is 67.3 Å². The highest BCUT2D eigenvalue weighted by atomic mass is 127. The van der Waals surface area contributed by atoms with Gasteiger partial charge in [-0.15, -0.1) is 24.0 Å². The van der Waals surface area contributed by atoms with E-state index in [1.165, 1.54) is 5.56 Å². The Morgan fingerprint density at radius 3 is 2.39 bits per heavy atom. The Balaban J connectivity index is 0.00000480. The monoisotopic (exact) mass is 548 g/mol. The molecule has 0 spiro atoms. The first-order chi connectivity index (χ1) is 14.6. The fraction of sp³-hybridized carbons (Fsp3) is 0.696. The summed E-state index contributed by atoms with van der Waals surface area (Å²) in [4.78, 5) is 6.87. The van der Waals surface area contributed by atoms with E-state index >= 15 is 0 Å². The van der Waals surface area contributed by atoms with Crippen molar-refractivity contribution in [2.75, 3.05) is 60.2 Å². The molecule has 7 nitrogen and oxygen atoms in total. The van der Waals surface area contributed by atoms with E-state index in [0.717, 1.165) is 64.1 Å². The van der Waals surface area contributed by atoms with Gasteiger partial charge in [-0.2, -0.15) is 0 Å². The van der Waals surface area contributed by atoms with Crippen molar-refractivity contribution in [3.63, 3.8) is 0 Å². The Hall–Kier alpha value is -1.10. The molecule has 2 atom stereocenters. The van der Waals surface area contributed by atoms with E-state index in [4.69, 9.17) is 14.2 Å². The zero-order valence-electron chi connectivity index (χ0n) is 19.7. The third kappa shape index (κ3) is 9.51. The minimum Gasteiger partial charge on any atom is -0.497 e. The average Bonchev–Trinajstić information content (AvgIpc) is 2.78. The number of halogens is 1. The second-order valence-corrected chi connectivity index (χ2v) is 7.84. The molecule has 1 aromatic carbocycles. The summed E-state index contributed by atoms with van der Waals surface area (Å²) >= 11 is 0. The van der Waals surface area contributed by atoms with Gasteiger partial charge in [-0.3, -0.25) is 9.89 Å². The van der Waals surface area contributed by atoms with Crippen molar-refractivity contribution < 1.29 is 14.2 Å². The first-order valence-electron chi connectivity index (χ1n) is 11.1. The van der Waals surface area contributed by atoms with Crippen LogP contribution in [0.4, 0.5) is 0 Å².